The summed E-state index contributed by atoms with van der Waals surface area (Å²) in [5.74, 6) is 0.885. The molecule has 0 fully saturated rings. The second kappa shape index (κ2) is 7.35. The van der Waals surface area contributed by atoms with Crippen LogP contribution in [0.25, 0.3) is 0 Å². The molecule has 1 N–H and O–H groups in total. The van der Waals surface area contributed by atoms with Crippen molar-refractivity contribution in [3.05, 3.63) is 23.8 Å². The molecule has 0 aliphatic heterocycles. The van der Waals surface area contributed by atoms with Gasteiger partial charge in [-0.3, -0.25) is 0 Å². The van der Waals surface area contributed by atoms with Gasteiger partial charge in [-0.05, 0) is 19.1 Å². The molecule has 0 unspecified atom stereocenters. The van der Waals surface area contributed by atoms with Crippen molar-refractivity contribution in [3.63, 3.8) is 0 Å². The van der Waals surface area contributed by atoms with Gasteiger partial charge in [0.2, 0.25) is 0 Å². The number of benzene rings is 1. The molecule has 0 aliphatic rings. The van der Waals surface area contributed by atoms with Gasteiger partial charge in [0, 0.05) is 11.6 Å². The van der Waals surface area contributed by atoms with E-state index in [0.717, 1.165) is 0 Å². The number of hydrogen-bond acceptors (Lipinski definition) is 4. The average molecular weight is 294 g/mol. The summed E-state index contributed by atoms with van der Waals surface area (Å²) < 4.78 is 50.4. The maximum absolute atomic E-state index is 11.9. The number of hydrogen-bond donors (Lipinski definition) is 1. The Morgan fingerprint density at radius 1 is 1.25 bits per heavy atom. The van der Waals surface area contributed by atoms with Crippen molar-refractivity contribution in [1.82, 2.24) is 0 Å². The van der Waals surface area contributed by atoms with Gasteiger partial charge in [0.05, 0.1) is 19.8 Å². The Hall–Kier alpha value is -1.47. The molecule has 7 heteroatoms. The Bertz CT molecular complexity index is 419. The van der Waals surface area contributed by atoms with Crippen LogP contribution >= 0.6 is 0 Å². The van der Waals surface area contributed by atoms with Crippen molar-refractivity contribution in [3.8, 4) is 11.5 Å². The summed E-state index contributed by atoms with van der Waals surface area (Å²) in [4.78, 5) is 0. The minimum atomic E-state index is -4.35. The van der Waals surface area contributed by atoms with E-state index in [1.54, 1.807) is 25.1 Å². The minimum absolute atomic E-state index is 0.0526. The van der Waals surface area contributed by atoms with Crippen LogP contribution in [0.2, 0.25) is 0 Å². The average Bonchev–Trinajstić information content (AvgIpc) is 2.36. The molecule has 0 spiro atoms. The molecule has 0 bridgehead atoms. The molecule has 1 rings (SSSR count). The summed E-state index contributed by atoms with van der Waals surface area (Å²) in [6.07, 6.45) is -5.10. The second-order valence-electron chi connectivity index (χ2n) is 4.10. The lowest BCUT2D eigenvalue weighted by molar-refractivity contribution is -0.175. The lowest BCUT2D eigenvalue weighted by Crippen LogP contribution is -2.19. The van der Waals surface area contributed by atoms with Crippen molar-refractivity contribution >= 4 is 0 Å². The lowest BCUT2D eigenvalue weighted by Gasteiger charge is -2.15. The van der Waals surface area contributed by atoms with Crippen molar-refractivity contribution in [2.45, 2.75) is 19.2 Å². The first-order valence-corrected chi connectivity index (χ1v) is 5.97. The molecule has 0 heterocycles. The van der Waals surface area contributed by atoms with Crippen LogP contribution in [0.4, 0.5) is 13.2 Å². The highest BCUT2D eigenvalue weighted by molar-refractivity contribution is 5.41. The number of aliphatic hydroxyl groups is 1. The predicted octanol–water partition coefficient (Wildman–Crippen LogP) is 2.71. The molecule has 0 saturated carbocycles. The first-order valence-electron chi connectivity index (χ1n) is 5.97. The van der Waals surface area contributed by atoms with E-state index in [4.69, 9.17) is 9.47 Å². The van der Waals surface area contributed by atoms with Gasteiger partial charge in [0.25, 0.3) is 0 Å². The number of aliphatic hydroxyl groups excluding tert-OH is 1. The summed E-state index contributed by atoms with van der Waals surface area (Å²) in [6.45, 7) is 0.00545. The monoisotopic (exact) mass is 294 g/mol. The molecule has 20 heavy (non-hydrogen) atoms. The molecular formula is C13H17F3O4. The summed E-state index contributed by atoms with van der Waals surface area (Å²) >= 11 is 0. The van der Waals surface area contributed by atoms with Gasteiger partial charge >= 0.3 is 6.18 Å². The van der Waals surface area contributed by atoms with Gasteiger partial charge in [-0.1, -0.05) is 0 Å². The maximum Gasteiger partial charge on any atom is 0.411 e. The number of methoxy groups -OCH3 is 1. The third kappa shape index (κ3) is 5.66. The van der Waals surface area contributed by atoms with Gasteiger partial charge in [0.15, 0.2) is 0 Å². The van der Waals surface area contributed by atoms with Crippen LogP contribution in [0.1, 0.15) is 18.6 Å². The molecule has 1 atom stereocenters. The van der Waals surface area contributed by atoms with E-state index in [1.165, 1.54) is 7.11 Å². The zero-order valence-electron chi connectivity index (χ0n) is 11.2. The lowest BCUT2D eigenvalue weighted by atomic mass is 10.1. The molecular weight excluding hydrogens is 277 g/mol. The van der Waals surface area contributed by atoms with Crippen LogP contribution in [0.3, 0.4) is 0 Å². The van der Waals surface area contributed by atoms with E-state index in [2.05, 4.69) is 4.74 Å². The van der Waals surface area contributed by atoms with Crippen LogP contribution < -0.4 is 9.47 Å². The standard InChI is InChI=1S/C13H17F3O4/c1-9(17)11-4-3-10(18-2)7-12(11)20-6-5-19-8-13(14,15)16/h3-4,7,9,17H,5-6,8H2,1-2H3/t9-/m1/s1. The van der Waals surface area contributed by atoms with Gasteiger partial charge in [-0.15, -0.1) is 0 Å². The highest BCUT2D eigenvalue weighted by Gasteiger charge is 2.27. The van der Waals surface area contributed by atoms with E-state index < -0.39 is 18.9 Å². The number of alkyl halides is 3. The summed E-state index contributed by atoms with van der Waals surface area (Å²) in [5.41, 5.74) is 0.529. The molecule has 1 aromatic rings. The fourth-order valence-corrected chi connectivity index (χ4v) is 1.51. The smallest absolute Gasteiger partial charge is 0.411 e. The zero-order chi connectivity index (χ0) is 15.2. The number of rotatable bonds is 7. The largest absolute Gasteiger partial charge is 0.497 e. The highest BCUT2D eigenvalue weighted by atomic mass is 19.4. The van der Waals surface area contributed by atoms with E-state index in [0.29, 0.717) is 17.1 Å². The zero-order valence-corrected chi connectivity index (χ0v) is 11.2. The predicted molar refractivity (Wildman–Crippen MR) is 66.0 cm³/mol. The molecule has 4 nitrogen and oxygen atoms in total. The molecule has 0 radical (unpaired) electrons. The van der Waals surface area contributed by atoms with Crippen molar-refractivity contribution in [2.75, 3.05) is 26.9 Å². The van der Waals surface area contributed by atoms with E-state index >= 15 is 0 Å². The van der Waals surface area contributed by atoms with Crippen LogP contribution in [-0.4, -0.2) is 38.2 Å². The summed E-state index contributed by atoms with van der Waals surface area (Å²) in [6, 6.07) is 4.86. The SMILES string of the molecule is COc1ccc([C@@H](C)O)c(OCCOCC(F)(F)F)c1. The van der Waals surface area contributed by atoms with Crippen LogP contribution in [0, 0.1) is 0 Å². The number of ether oxygens (including phenoxy) is 3. The molecule has 114 valence electrons. The van der Waals surface area contributed by atoms with Gasteiger partial charge < -0.3 is 19.3 Å². The Morgan fingerprint density at radius 3 is 2.50 bits per heavy atom. The Labute approximate surface area is 115 Å². The molecule has 0 amide bonds. The fraction of sp³-hybridized carbons (Fsp3) is 0.538. The van der Waals surface area contributed by atoms with Gasteiger partial charge in [0.1, 0.15) is 24.7 Å². The van der Waals surface area contributed by atoms with Crippen molar-refractivity contribution < 1.29 is 32.5 Å². The summed E-state index contributed by atoms with van der Waals surface area (Å²) in [5, 5.41) is 9.58. The summed E-state index contributed by atoms with van der Waals surface area (Å²) in [7, 11) is 1.48. The van der Waals surface area contributed by atoms with E-state index in [-0.39, 0.29) is 13.2 Å². The highest BCUT2D eigenvalue weighted by Crippen LogP contribution is 2.29. The fourth-order valence-electron chi connectivity index (χ4n) is 1.51. The Kier molecular flexibility index (Phi) is 6.09. The molecule has 1 aromatic carbocycles. The van der Waals surface area contributed by atoms with Gasteiger partial charge in [-0.2, -0.15) is 13.2 Å². The number of halogens is 3. The first-order chi connectivity index (χ1) is 9.33. The topological polar surface area (TPSA) is 47.9 Å². The van der Waals surface area contributed by atoms with Crippen LogP contribution in [0.15, 0.2) is 18.2 Å². The Balaban J connectivity index is 2.53. The van der Waals surface area contributed by atoms with Crippen molar-refractivity contribution in [2.24, 2.45) is 0 Å². The quantitative estimate of drug-likeness (QED) is 0.786. The van der Waals surface area contributed by atoms with Crippen LogP contribution in [-0.2, 0) is 4.74 Å². The van der Waals surface area contributed by atoms with Crippen molar-refractivity contribution in [1.29, 1.82) is 0 Å². The van der Waals surface area contributed by atoms with E-state index in [9.17, 15) is 18.3 Å². The molecule has 0 aliphatic carbocycles. The molecule has 0 saturated heterocycles. The van der Waals surface area contributed by atoms with Gasteiger partial charge in [-0.25, -0.2) is 0 Å². The normalized spacial score (nSPS) is 13.1. The maximum atomic E-state index is 11.9. The molecule has 0 aromatic heterocycles. The van der Waals surface area contributed by atoms with E-state index in [1.807, 2.05) is 0 Å². The first kappa shape index (κ1) is 16.6. The minimum Gasteiger partial charge on any atom is -0.497 e. The third-order valence-corrected chi connectivity index (χ3v) is 2.42. The van der Waals surface area contributed by atoms with Crippen LogP contribution in [0.5, 0.6) is 11.5 Å². The third-order valence-electron chi connectivity index (χ3n) is 2.42. The Morgan fingerprint density at radius 2 is 1.95 bits per heavy atom. The second-order valence-corrected chi connectivity index (χ2v) is 4.10.